The van der Waals surface area contributed by atoms with Gasteiger partial charge < -0.3 is 34.2 Å². The summed E-state index contributed by atoms with van der Waals surface area (Å²) in [5.74, 6) is 1.96. The fourth-order valence-corrected chi connectivity index (χ4v) is 8.24. The molecule has 2 aliphatic rings. The van der Waals surface area contributed by atoms with Crippen LogP contribution in [0.15, 0.2) is 40.5 Å². The number of amides is 1. The molecule has 2 aromatic rings. The Balaban J connectivity index is 1.74. The molecular weight excluding hydrogens is 514 g/mol. The van der Waals surface area contributed by atoms with Gasteiger partial charge in [0.1, 0.15) is 5.76 Å². The molecule has 1 unspecified atom stereocenters. The van der Waals surface area contributed by atoms with Crippen molar-refractivity contribution >= 4 is 19.9 Å². The van der Waals surface area contributed by atoms with Crippen molar-refractivity contribution in [2.24, 2.45) is 5.73 Å². The number of primary amides is 1. The number of nitrogens with two attached hydrogens (primary N) is 1. The molecule has 1 saturated heterocycles. The average molecular weight is 556 g/mol. The first kappa shape index (κ1) is 28.7. The van der Waals surface area contributed by atoms with Crippen LogP contribution >= 0.6 is 0 Å². The van der Waals surface area contributed by atoms with Crippen molar-refractivity contribution in [2.75, 3.05) is 46.3 Å². The predicted molar refractivity (Wildman–Crippen MR) is 153 cm³/mol. The van der Waals surface area contributed by atoms with Crippen LogP contribution in [-0.2, 0) is 5.04 Å². The fraction of sp³-hybridized carbons (Fsp3) is 0.536. The van der Waals surface area contributed by atoms with E-state index in [1.807, 2.05) is 12.2 Å². The normalized spacial score (nSPS) is 20.2. The van der Waals surface area contributed by atoms with Crippen LogP contribution in [-0.4, -0.2) is 76.3 Å². The van der Waals surface area contributed by atoms with Crippen LogP contribution < -0.4 is 24.8 Å². The molecule has 10 nitrogen and oxygen atoms in total. The van der Waals surface area contributed by atoms with E-state index >= 15 is 0 Å². The molecule has 3 heterocycles. The Morgan fingerprint density at radius 1 is 1.18 bits per heavy atom. The smallest absolute Gasteiger partial charge is 0.290 e. The van der Waals surface area contributed by atoms with Crippen LogP contribution in [0.25, 0.3) is 0 Å². The summed E-state index contributed by atoms with van der Waals surface area (Å²) in [4.78, 5) is 25.9. The lowest BCUT2D eigenvalue weighted by molar-refractivity contribution is 0.0967. The predicted octanol–water partition coefficient (Wildman–Crippen LogP) is 4.14. The number of carbonyl (C=O) groups is 1. The summed E-state index contributed by atoms with van der Waals surface area (Å²) in [5, 5.41) is -0.488. The molecule has 39 heavy (non-hydrogen) atoms. The van der Waals surface area contributed by atoms with Crippen molar-refractivity contribution in [3.05, 3.63) is 47.4 Å². The number of hydrogen-bond acceptors (Lipinski definition) is 9. The van der Waals surface area contributed by atoms with Gasteiger partial charge in [0, 0.05) is 36.7 Å². The topological polar surface area (TPSA) is 116 Å². The lowest BCUT2D eigenvalue weighted by atomic mass is 9.90. The van der Waals surface area contributed by atoms with Crippen molar-refractivity contribution in [1.29, 1.82) is 0 Å². The second-order valence-electron chi connectivity index (χ2n) is 11.1. The number of ether oxygens (including phenoxy) is 3. The van der Waals surface area contributed by atoms with Crippen molar-refractivity contribution in [3.8, 4) is 17.7 Å². The Morgan fingerprint density at radius 2 is 1.82 bits per heavy atom. The third-order valence-corrected chi connectivity index (χ3v) is 13.2. The summed E-state index contributed by atoms with van der Waals surface area (Å²) in [6.07, 6.45) is 8.75. The quantitative estimate of drug-likeness (QED) is 0.432. The maximum absolute atomic E-state index is 11.5. The Kier molecular flexibility index (Phi) is 8.41. The molecule has 0 bridgehead atoms. The standard InChI is InChI=1S/C28H41N5O5Si/c1-8-39(6,7)28(15-9-10-20(18-28)37-22-12-11-21(38-22)24(29)34)23-25(35-4)30-27(31-26(23)36-5)33-16-13-19(14-17-33)32(2)3/h9-12,15,19H,8,13-14,16-18H2,1-7H3,(H2,29,34). The number of allylic oxidation sites excluding steroid dienone is 4. The number of nitrogens with zero attached hydrogens (tertiary/aromatic N) is 4. The molecule has 0 radical (unpaired) electrons. The highest BCUT2D eigenvalue weighted by Crippen LogP contribution is 2.51. The molecule has 0 spiro atoms. The van der Waals surface area contributed by atoms with E-state index in [-0.39, 0.29) is 11.7 Å². The van der Waals surface area contributed by atoms with Crippen LogP contribution in [0.4, 0.5) is 5.95 Å². The van der Waals surface area contributed by atoms with Gasteiger partial charge >= 0.3 is 0 Å². The van der Waals surface area contributed by atoms with Crippen LogP contribution in [0.5, 0.6) is 17.7 Å². The number of furan rings is 1. The van der Waals surface area contributed by atoms with E-state index in [0.717, 1.165) is 37.5 Å². The van der Waals surface area contributed by atoms with Crippen LogP contribution in [0, 0.1) is 0 Å². The molecule has 1 amide bonds. The number of carbonyl (C=O) groups excluding carboxylic acids is 1. The van der Waals surface area contributed by atoms with Gasteiger partial charge in [0.2, 0.25) is 17.7 Å². The highest BCUT2D eigenvalue weighted by atomic mass is 28.3. The number of methoxy groups -OCH3 is 2. The summed E-state index contributed by atoms with van der Waals surface area (Å²) < 4.78 is 23.6. The lowest BCUT2D eigenvalue weighted by Crippen LogP contribution is -2.52. The van der Waals surface area contributed by atoms with E-state index in [9.17, 15) is 4.79 Å². The second kappa shape index (κ2) is 11.4. The number of piperidine rings is 1. The molecule has 4 rings (SSSR count). The Morgan fingerprint density at radius 3 is 2.33 bits per heavy atom. The number of hydrogen-bond donors (Lipinski definition) is 1. The first-order valence-electron chi connectivity index (χ1n) is 13.4. The molecule has 1 atom stereocenters. The summed E-state index contributed by atoms with van der Waals surface area (Å²) in [7, 11) is 5.47. The van der Waals surface area contributed by atoms with Gasteiger partial charge in [-0.05, 0) is 39.1 Å². The maximum atomic E-state index is 11.5. The van der Waals surface area contributed by atoms with Gasteiger partial charge in [0.05, 0.1) is 27.9 Å². The molecule has 2 N–H and O–H groups in total. The molecule has 0 aromatic carbocycles. The summed E-state index contributed by atoms with van der Waals surface area (Å²) in [6.45, 7) is 8.64. The molecule has 1 aliphatic heterocycles. The highest BCUT2D eigenvalue weighted by Gasteiger charge is 2.51. The van der Waals surface area contributed by atoms with Gasteiger partial charge in [-0.2, -0.15) is 9.97 Å². The van der Waals surface area contributed by atoms with Crippen molar-refractivity contribution in [1.82, 2.24) is 14.9 Å². The van der Waals surface area contributed by atoms with Crippen molar-refractivity contribution in [3.63, 3.8) is 0 Å². The van der Waals surface area contributed by atoms with E-state index in [4.69, 9.17) is 34.3 Å². The average Bonchev–Trinajstić information content (AvgIpc) is 3.41. The molecule has 11 heteroatoms. The molecule has 1 aliphatic carbocycles. The van der Waals surface area contributed by atoms with Crippen molar-refractivity contribution in [2.45, 2.75) is 56.4 Å². The molecule has 2 aromatic heterocycles. The molecule has 1 fully saturated rings. The van der Waals surface area contributed by atoms with Crippen LogP contribution in [0.1, 0.15) is 42.3 Å². The number of anilines is 1. The second-order valence-corrected chi connectivity index (χ2v) is 16.4. The monoisotopic (exact) mass is 555 g/mol. The third-order valence-electron chi connectivity index (χ3n) is 8.40. The van der Waals surface area contributed by atoms with E-state index in [1.165, 1.54) is 6.07 Å². The van der Waals surface area contributed by atoms with Gasteiger partial charge in [0.25, 0.3) is 11.9 Å². The molecule has 212 valence electrons. The number of aromatic nitrogens is 2. The van der Waals surface area contributed by atoms with E-state index < -0.39 is 19.0 Å². The minimum absolute atomic E-state index is 0.0495. The third kappa shape index (κ3) is 5.55. The van der Waals surface area contributed by atoms with Gasteiger partial charge in [-0.15, -0.1) is 0 Å². The van der Waals surface area contributed by atoms with Gasteiger partial charge in [0.15, 0.2) is 5.76 Å². The zero-order valence-corrected chi connectivity index (χ0v) is 25.1. The minimum Gasteiger partial charge on any atom is -0.481 e. The van der Waals surface area contributed by atoms with Gasteiger partial charge in [-0.1, -0.05) is 38.2 Å². The van der Waals surface area contributed by atoms with Gasteiger partial charge in [-0.3, -0.25) is 4.79 Å². The SMILES string of the molecule is CC[Si](C)(C)C1(c2c(OC)nc(N3CCC(N(C)C)CC3)nc2OC)C=CC=C(Oc2ccc(C(N)=O)o2)C1. The van der Waals surface area contributed by atoms with Crippen LogP contribution in [0.3, 0.4) is 0 Å². The van der Waals surface area contributed by atoms with E-state index in [2.05, 4.69) is 50.0 Å². The van der Waals surface area contributed by atoms with Crippen LogP contribution in [0.2, 0.25) is 19.1 Å². The first-order valence-corrected chi connectivity index (χ1v) is 16.6. The Bertz CT molecular complexity index is 1220. The zero-order chi connectivity index (χ0) is 28.4. The minimum atomic E-state index is -2.08. The van der Waals surface area contributed by atoms with E-state index in [1.54, 1.807) is 20.3 Å². The largest absolute Gasteiger partial charge is 0.481 e. The van der Waals surface area contributed by atoms with Crippen molar-refractivity contribution < 1.29 is 23.4 Å². The molecular formula is C28H41N5O5Si. The maximum Gasteiger partial charge on any atom is 0.290 e. The number of rotatable bonds is 10. The lowest BCUT2D eigenvalue weighted by Gasteiger charge is -2.45. The Hall–Kier alpha value is -3.31. The summed E-state index contributed by atoms with van der Waals surface area (Å²) >= 11 is 0. The molecule has 0 saturated carbocycles. The van der Waals surface area contributed by atoms with E-state index in [0.29, 0.717) is 35.9 Å². The Labute approximate surface area is 231 Å². The first-order chi connectivity index (χ1) is 18.5. The zero-order valence-electron chi connectivity index (χ0n) is 24.1. The highest BCUT2D eigenvalue weighted by molar-refractivity contribution is 6.80. The summed E-state index contributed by atoms with van der Waals surface area (Å²) in [6, 6.07) is 4.65. The van der Waals surface area contributed by atoms with Gasteiger partial charge in [-0.25, -0.2) is 0 Å². The fourth-order valence-electron chi connectivity index (χ4n) is 5.52. The summed E-state index contributed by atoms with van der Waals surface area (Å²) in [5.41, 5.74) is 6.18.